The van der Waals surface area contributed by atoms with Gasteiger partial charge in [-0.15, -0.1) is 64.0 Å². The predicted octanol–water partition coefficient (Wildman–Crippen LogP) is 25.6. The Bertz CT molecular complexity index is 6500. The maximum Gasteiger partial charge on any atom is 0.211 e. The second kappa shape index (κ2) is 50.5. The lowest BCUT2D eigenvalue weighted by atomic mass is 9.98. The number of rotatable bonds is 29. The molecule has 0 saturated carbocycles. The lowest BCUT2D eigenvalue weighted by Crippen LogP contribution is -2.14. The summed E-state index contributed by atoms with van der Waals surface area (Å²) < 4.78 is 29.8. The fourth-order valence-electron chi connectivity index (χ4n) is 17.7. The average Bonchev–Trinajstić information content (AvgIpc) is 1.61. The molecular formula is C110H121Cl2N19O5. The van der Waals surface area contributed by atoms with Crippen molar-refractivity contribution in [1.29, 1.82) is 0 Å². The molecule has 19 aromatic rings. The number of nitrogens with zero attached hydrogens (tertiary/aromatic N) is 15. The summed E-state index contributed by atoms with van der Waals surface area (Å²) in [5.41, 5.74) is 19.8. The Kier molecular flexibility index (Phi) is 36.0. The van der Waals surface area contributed by atoms with E-state index in [0.29, 0.717) is 53.0 Å². The second-order valence-electron chi connectivity index (χ2n) is 34.3. The van der Waals surface area contributed by atoms with Gasteiger partial charge in [0.15, 0.2) is 24.9 Å². The fraction of sp³-hybridized carbons (Fsp3) is 0.309. The van der Waals surface area contributed by atoms with Crippen LogP contribution >= 0.6 is 23.2 Å². The second-order valence-corrected chi connectivity index (χ2v) is 34.9. The van der Waals surface area contributed by atoms with Gasteiger partial charge in [0.05, 0.1) is 41.0 Å². The smallest absolute Gasteiger partial charge is 0.211 e. The molecule has 26 heteroatoms. The Morgan fingerprint density at radius 2 is 0.654 bits per heavy atom. The number of benzene rings is 12. The molecule has 12 aromatic carbocycles. The van der Waals surface area contributed by atoms with E-state index in [-0.39, 0.29) is 13.2 Å². The third-order valence-corrected chi connectivity index (χ3v) is 25.0. The molecule has 2 unspecified atom stereocenters. The number of aromatic hydroxyl groups is 1. The topological polar surface area (TPSA) is 290 Å². The van der Waals surface area contributed by atoms with E-state index < -0.39 is 0 Å². The maximum absolute atomic E-state index is 9.88. The van der Waals surface area contributed by atoms with E-state index >= 15 is 0 Å². The number of nitrogens with one attached hydrogen (secondary N) is 4. The molecule has 0 aliphatic carbocycles. The summed E-state index contributed by atoms with van der Waals surface area (Å²) in [5.74, 6) is 4.63. The monoisotopic (exact) mass is 1860 g/mol. The van der Waals surface area contributed by atoms with Crippen LogP contribution in [0.3, 0.4) is 0 Å². The van der Waals surface area contributed by atoms with E-state index in [4.69, 9.17) is 42.1 Å². The summed E-state index contributed by atoms with van der Waals surface area (Å²) in [5, 5.41) is 74.0. The average molecular weight is 1860 g/mol. The lowest BCUT2D eigenvalue weighted by Gasteiger charge is -2.17. The number of tetrazole rings is 4. The first-order chi connectivity index (χ1) is 67.0. The molecule has 136 heavy (non-hydrogen) atoms. The summed E-state index contributed by atoms with van der Waals surface area (Å²) in [4.78, 5) is 0. The number of hydrogen-bond donors (Lipinski definition) is 5. The summed E-state index contributed by atoms with van der Waals surface area (Å²) in [6.07, 6.45) is 23.0. The van der Waals surface area contributed by atoms with Crippen LogP contribution < -0.4 is 9.47 Å². The van der Waals surface area contributed by atoms with E-state index in [1.165, 1.54) is 207 Å². The van der Waals surface area contributed by atoms with Crippen molar-refractivity contribution < 1.29 is 24.1 Å². The highest BCUT2D eigenvalue weighted by atomic mass is 35.5. The number of alkyl halides is 2. The first-order valence-electron chi connectivity index (χ1n) is 47.7. The van der Waals surface area contributed by atoms with Crippen molar-refractivity contribution in [2.24, 2.45) is 0 Å². The van der Waals surface area contributed by atoms with E-state index in [2.05, 4.69) is 373 Å². The van der Waals surface area contributed by atoms with Crippen molar-refractivity contribution in [3.63, 3.8) is 0 Å². The molecule has 2 aliphatic rings. The van der Waals surface area contributed by atoms with Gasteiger partial charge in [-0.2, -0.15) is 20.9 Å². The SMILES string of the molecule is CC1CCCCO1.CC1CCCCO1.CCCCCc1c(-c2ccc3cc(O)ccc3c2)n(Cc2ccccc2)c2ccccc12.CCCCCc1c(-c2ccc3cc(OCc4nn[nH]n4)ccc3c2)n(Cc2ccccc2)c2ccccc12.CCCCCc1c(-c2ccc3cc(OCc4nn[nH]n4)ccc3c2)n(Cc2ccccc2)c2ccccc12.ClCc1nn[nH]n1.ClCc1nn[nH]n1. The zero-order valence-corrected chi connectivity index (χ0v) is 79.8. The molecule has 2 fully saturated rings. The third-order valence-electron chi connectivity index (χ3n) is 24.5. The van der Waals surface area contributed by atoms with Gasteiger partial charge in [0.2, 0.25) is 11.6 Å². The summed E-state index contributed by atoms with van der Waals surface area (Å²) in [6.45, 7) is 16.1. The van der Waals surface area contributed by atoms with Gasteiger partial charge >= 0.3 is 0 Å². The molecular weight excluding hydrogens is 1740 g/mol. The zero-order valence-electron chi connectivity index (χ0n) is 78.3. The first-order valence-corrected chi connectivity index (χ1v) is 48.8. The minimum Gasteiger partial charge on any atom is -0.508 e. The van der Waals surface area contributed by atoms with Crippen LogP contribution in [0.2, 0.25) is 0 Å². The number of para-hydroxylation sites is 3. The van der Waals surface area contributed by atoms with Gasteiger partial charge in [0.25, 0.3) is 0 Å². The molecule has 0 bridgehead atoms. The van der Waals surface area contributed by atoms with Crippen LogP contribution in [0.4, 0.5) is 0 Å². The molecule has 2 atom stereocenters. The largest absolute Gasteiger partial charge is 0.508 e. The summed E-state index contributed by atoms with van der Waals surface area (Å²) in [6, 6.07) is 97.0. The number of halogens is 2. The summed E-state index contributed by atoms with van der Waals surface area (Å²) >= 11 is 10.6. The van der Waals surface area contributed by atoms with E-state index in [1.54, 1.807) is 6.07 Å². The summed E-state index contributed by atoms with van der Waals surface area (Å²) in [7, 11) is 0. The minimum atomic E-state index is 0.279. The van der Waals surface area contributed by atoms with Crippen LogP contribution in [0.5, 0.6) is 17.2 Å². The van der Waals surface area contributed by atoms with Crippen LogP contribution in [-0.2, 0) is 73.3 Å². The molecule has 2 saturated heterocycles. The zero-order chi connectivity index (χ0) is 93.8. The predicted molar refractivity (Wildman–Crippen MR) is 546 cm³/mol. The Morgan fingerprint density at radius 1 is 0.346 bits per heavy atom. The highest BCUT2D eigenvalue weighted by Crippen LogP contribution is 2.42. The molecule has 7 aromatic heterocycles. The molecule has 0 amide bonds. The number of aromatic nitrogens is 19. The first kappa shape index (κ1) is 96.8. The van der Waals surface area contributed by atoms with E-state index in [1.807, 2.05) is 24.3 Å². The Balaban J connectivity index is 0.000000135. The fourth-order valence-corrected chi connectivity index (χ4v) is 17.9. The van der Waals surface area contributed by atoms with Crippen molar-refractivity contribution in [1.82, 2.24) is 96.2 Å². The van der Waals surface area contributed by atoms with Crippen LogP contribution in [0.25, 0.3) is 98.8 Å². The minimum absolute atomic E-state index is 0.279. The van der Waals surface area contributed by atoms with E-state index in [9.17, 15) is 5.11 Å². The number of aromatic amines is 4. The Morgan fingerprint density at radius 3 is 0.949 bits per heavy atom. The number of phenolic OH excluding ortho intramolecular Hbond substituents is 1. The van der Waals surface area contributed by atoms with Crippen molar-refractivity contribution in [2.75, 3.05) is 13.2 Å². The standard InChI is InChI=1S/2C32H31N5O.C30H29NO.2C6H12O.2C2H3ClN4/c2*1-2-3-5-13-29-28-12-8-9-14-30(28)37(21-23-10-6-4-7-11-23)32(29)26-16-15-25-20-27(18-17-24(25)19-26)38-22-31-33-35-36-34-31;1-2-3-5-13-28-27-12-8-9-14-29(27)31(21-22-10-6-4-7-11-22)30(28)25-16-15-24-20-26(32)18-17-23(24)19-25;2*1-6-4-2-3-5-7-6;2*3-1-2-4-6-7-5-2/h2*4,6-12,14-20H,2-3,5,13,21-22H2,1H3,(H,33,34,35,36);4,6-12,14-20,32H,2-3,5,13,21H2,1H3;2*6H,2-5H2,1H3;2*1H2,(H,4,5,6,7). The van der Waals surface area contributed by atoms with Gasteiger partial charge in [0.1, 0.15) is 17.2 Å². The molecule has 0 radical (unpaired) electrons. The van der Waals surface area contributed by atoms with Gasteiger partial charge in [-0.3, -0.25) is 0 Å². The van der Waals surface area contributed by atoms with E-state index in [0.717, 1.165) is 85.2 Å². The molecule has 24 nitrogen and oxygen atoms in total. The maximum atomic E-state index is 9.88. The normalized spacial score (nSPS) is 13.4. The Labute approximate surface area is 804 Å². The highest BCUT2D eigenvalue weighted by molar-refractivity contribution is 6.17. The number of H-pyrrole nitrogens is 4. The number of unbranched alkanes of at least 4 members (excludes halogenated alkanes) is 6. The lowest BCUT2D eigenvalue weighted by molar-refractivity contribution is 0.0283. The van der Waals surface area contributed by atoms with Crippen LogP contribution in [0.1, 0.15) is 188 Å². The number of aryl methyl sites for hydroxylation is 3. The van der Waals surface area contributed by atoms with Crippen LogP contribution in [0, 0.1) is 0 Å². The number of phenols is 1. The van der Waals surface area contributed by atoms with Gasteiger partial charge < -0.3 is 37.8 Å². The molecule has 700 valence electrons. The van der Waals surface area contributed by atoms with Crippen LogP contribution in [-0.4, -0.2) is 127 Å². The molecule has 0 spiro atoms. The third kappa shape index (κ3) is 26.4. The van der Waals surface area contributed by atoms with Crippen molar-refractivity contribution >= 4 is 88.2 Å². The van der Waals surface area contributed by atoms with Crippen molar-refractivity contribution in [2.45, 2.75) is 207 Å². The van der Waals surface area contributed by atoms with Gasteiger partial charge in [-0.05, 0) is 246 Å². The van der Waals surface area contributed by atoms with Gasteiger partial charge in [-0.1, -0.05) is 280 Å². The number of hydrogen-bond acceptors (Lipinski definition) is 17. The molecule has 21 rings (SSSR count). The van der Waals surface area contributed by atoms with Crippen molar-refractivity contribution in [3.05, 3.63) is 330 Å². The molecule has 9 heterocycles. The Hall–Kier alpha value is -13.8. The molecule has 5 N–H and O–H groups in total. The number of ether oxygens (including phenoxy) is 4. The number of fused-ring (bicyclic) bond motifs is 6. The van der Waals surface area contributed by atoms with Gasteiger partial charge in [0, 0.05) is 65.6 Å². The molecule has 2 aliphatic heterocycles. The van der Waals surface area contributed by atoms with Crippen LogP contribution in [0.15, 0.2) is 273 Å². The quantitative estimate of drug-likeness (QED) is 0.0215. The van der Waals surface area contributed by atoms with Gasteiger partial charge in [-0.25, -0.2) is 0 Å². The highest BCUT2D eigenvalue weighted by Gasteiger charge is 2.24. The van der Waals surface area contributed by atoms with Crippen molar-refractivity contribution in [3.8, 4) is 51.0 Å².